The number of aryl methyl sites for hydroxylation is 1. The predicted octanol–water partition coefficient (Wildman–Crippen LogP) is 3.59. The van der Waals surface area contributed by atoms with Crippen LogP contribution in [0.15, 0.2) is 29.3 Å². The molecule has 0 spiro atoms. The number of piperazine rings is 1. The normalized spacial score (nSPS) is 15.8. The minimum atomic E-state index is -4.54. The zero-order chi connectivity index (χ0) is 23.0. The minimum Gasteiger partial charge on any atom is -0.493 e. The fourth-order valence-electron chi connectivity index (χ4n) is 3.34. The predicted molar refractivity (Wildman–Crippen MR) is 110 cm³/mol. The Balaban J connectivity index is 1.79. The van der Waals surface area contributed by atoms with Crippen molar-refractivity contribution < 1.29 is 31.1 Å². The topological polar surface area (TPSA) is 72.0 Å². The van der Waals surface area contributed by atoms with Gasteiger partial charge in [-0.25, -0.2) is 13.4 Å². The van der Waals surface area contributed by atoms with Gasteiger partial charge in [0.2, 0.25) is 10.0 Å². The number of alkyl halides is 3. The average molecular weight is 480 g/mol. The molecule has 0 amide bonds. The van der Waals surface area contributed by atoms with Crippen LogP contribution in [0.5, 0.6) is 11.5 Å². The van der Waals surface area contributed by atoms with E-state index in [2.05, 4.69) is 4.98 Å². The van der Waals surface area contributed by atoms with Crippen LogP contribution in [-0.4, -0.2) is 58.1 Å². The van der Waals surface area contributed by atoms with Gasteiger partial charge in [0.15, 0.2) is 11.5 Å². The highest BCUT2D eigenvalue weighted by Crippen LogP contribution is 2.35. The number of hydrogen-bond acceptors (Lipinski definition) is 6. The van der Waals surface area contributed by atoms with E-state index in [4.69, 9.17) is 21.1 Å². The Morgan fingerprint density at radius 1 is 1.03 bits per heavy atom. The molecule has 1 aliphatic heterocycles. The molecule has 1 fully saturated rings. The van der Waals surface area contributed by atoms with Gasteiger partial charge in [0, 0.05) is 38.4 Å². The lowest BCUT2D eigenvalue weighted by molar-refractivity contribution is -0.137. The van der Waals surface area contributed by atoms with Gasteiger partial charge in [0.25, 0.3) is 0 Å². The van der Waals surface area contributed by atoms with E-state index in [1.807, 2.05) is 0 Å². The van der Waals surface area contributed by atoms with E-state index in [-0.39, 0.29) is 41.9 Å². The van der Waals surface area contributed by atoms with Crippen LogP contribution >= 0.6 is 11.6 Å². The first-order chi connectivity index (χ1) is 14.5. The van der Waals surface area contributed by atoms with E-state index >= 15 is 0 Å². The Morgan fingerprint density at radius 2 is 1.61 bits per heavy atom. The van der Waals surface area contributed by atoms with Gasteiger partial charge < -0.3 is 14.4 Å². The van der Waals surface area contributed by atoms with Crippen LogP contribution < -0.4 is 14.4 Å². The highest BCUT2D eigenvalue weighted by molar-refractivity contribution is 7.89. The number of ether oxygens (including phenoxy) is 2. The van der Waals surface area contributed by atoms with Gasteiger partial charge in [-0.2, -0.15) is 17.5 Å². The summed E-state index contributed by atoms with van der Waals surface area (Å²) in [5.41, 5.74) is -0.432. The Bertz CT molecular complexity index is 1070. The molecule has 31 heavy (non-hydrogen) atoms. The van der Waals surface area contributed by atoms with Crippen LogP contribution in [0.3, 0.4) is 0 Å². The molecule has 1 aliphatic rings. The first kappa shape index (κ1) is 23.4. The fraction of sp³-hybridized carbons (Fsp3) is 0.421. The number of anilines is 1. The fourth-order valence-corrected chi connectivity index (χ4v) is 5.27. The SMILES string of the molecule is COc1cc(C)c(S(=O)(=O)N2CCN(c3ncc(C(F)(F)F)cc3Cl)CC2)cc1OC. The summed E-state index contributed by atoms with van der Waals surface area (Å²) in [7, 11) is -0.940. The molecule has 0 atom stereocenters. The highest BCUT2D eigenvalue weighted by atomic mass is 35.5. The zero-order valence-electron chi connectivity index (χ0n) is 17.0. The van der Waals surface area contributed by atoms with Gasteiger partial charge in [-0.3, -0.25) is 0 Å². The highest BCUT2D eigenvalue weighted by Gasteiger charge is 2.34. The Kier molecular flexibility index (Phi) is 6.59. The van der Waals surface area contributed by atoms with Crippen LogP contribution in [0.4, 0.5) is 19.0 Å². The number of rotatable bonds is 5. The largest absolute Gasteiger partial charge is 0.493 e. The van der Waals surface area contributed by atoms with Crippen molar-refractivity contribution >= 4 is 27.4 Å². The molecular weight excluding hydrogens is 459 g/mol. The molecule has 1 aromatic heterocycles. The van der Waals surface area contributed by atoms with Crippen molar-refractivity contribution in [3.8, 4) is 11.5 Å². The van der Waals surface area contributed by atoms with Crippen LogP contribution in [0.1, 0.15) is 11.1 Å². The molecule has 0 bridgehead atoms. The third-order valence-electron chi connectivity index (χ3n) is 4.99. The van der Waals surface area contributed by atoms with E-state index in [0.717, 1.165) is 12.3 Å². The van der Waals surface area contributed by atoms with Crippen molar-refractivity contribution in [2.75, 3.05) is 45.3 Å². The number of pyridine rings is 1. The van der Waals surface area contributed by atoms with E-state index in [1.165, 1.54) is 24.6 Å². The van der Waals surface area contributed by atoms with Crippen molar-refractivity contribution in [1.29, 1.82) is 0 Å². The standard InChI is InChI=1S/C19H21ClF3N3O4S/c1-12-8-15(29-2)16(30-3)10-17(12)31(27,28)26-6-4-25(5-7-26)18-14(20)9-13(11-24-18)19(21,22)23/h8-11H,4-7H2,1-3H3. The number of aromatic nitrogens is 1. The molecule has 0 radical (unpaired) electrons. The number of methoxy groups -OCH3 is 2. The van der Waals surface area contributed by atoms with Crippen molar-refractivity contribution in [2.45, 2.75) is 18.0 Å². The second kappa shape index (κ2) is 8.71. The van der Waals surface area contributed by atoms with E-state index in [1.54, 1.807) is 17.9 Å². The van der Waals surface area contributed by atoms with Crippen molar-refractivity contribution in [3.05, 3.63) is 40.5 Å². The molecule has 2 aromatic rings. The summed E-state index contributed by atoms with van der Waals surface area (Å²) in [5.74, 6) is 0.909. The Morgan fingerprint density at radius 3 is 2.13 bits per heavy atom. The first-order valence-corrected chi connectivity index (χ1v) is 11.0. The zero-order valence-corrected chi connectivity index (χ0v) is 18.6. The van der Waals surface area contributed by atoms with E-state index in [9.17, 15) is 21.6 Å². The summed E-state index contributed by atoms with van der Waals surface area (Å²) < 4.78 is 76.6. The van der Waals surface area contributed by atoms with Crippen LogP contribution in [-0.2, 0) is 16.2 Å². The molecule has 0 aliphatic carbocycles. The first-order valence-electron chi connectivity index (χ1n) is 9.19. The number of sulfonamides is 1. The third-order valence-corrected chi connectivity index (χ3v) is 7.30. The number of hydrogen-bond donors (Lipinski definition) is 0. The Labute approximate surface area is 183 Å². The van der Waals surface area contributed by atoms with Gasteiger partial charge in [-0.05, 0) is 24.6 Å². The lowest BCUT2D eigenvalue weighted by Crippen LogP contribution is -2.49. The summed E-state index contributed by atoms with van der Waals surface area (Å²) in [5, 5.41) is -0.137. The van der Waals surface area contributed by atoms with Gasteiger partial charge >= 0.3 is 6.18 Å². The molecule has 0 unspecified atom stereocenters. The molecular formula is C19H21ClF3N3O4S. The van der Waals surface area contributed by atoms with Crippen LogP contribution in [0.25, 0.3) is 0 Å². The van der Waals surface area contributed by atoms with Crippen molar-refractivity contribution in [3.63, 3.8) is 0 Å². The quantitative estimate of drug-likeness (QED) is 0.652. The van der Waals surface area contributed by atoms with Gasteiger partial charge in [-0.15, -0.1) is 0 Å². The van der Waals surface area contributed by atoms with Crippen molar-refractivity contribution in [2.24, 2.45) is 0 Å². The van der Waals surface area contributed by atoms with Crippen molar-refractivity contribution in [1.82, 2.24) is 9.29 Å². The summed E-state index contributed by atoms with van der Waals surface area (Å²) in [6, 6.07) is 3.83. The molecule has 3 rings (SSSR count). The van der Waals surface area contributed by atoms with Gasteiger partial charge in [0.1, 0.15) is 5.82 Å². The summed E-state index contributed by atoms with van der Waals surface area (Å²) in [6.07, 6.45) is -3.82. The maximum Gasteiger partial charge on any atom is 0.417 e. The maximum absolute atomic E-state index is 13.2. The van der Waals surface area contributed by atoms with E-state index in [0.29, 0.717) is 17.1 Å². The Hall–Kier alpha value is -2.24. The monoisotopic (exact) mass is 479 g/mol. The molecule has 1 saturated heterocycles. The average Bonchev–Trinajstić information content (AvgIpc) is 2.72. The maximum atomic E-state index is 13.2. The molecule has 1 aromatic carbocycles. The summed E-state index contributed by atoms with van der Waals surface area (Å²) >= 11 is 6.01. The smallest absolute Gasteiger partial charge is 0.417 e. The lowest BCUT2D eigenvalue weighted by Gasteiger charge is -2.35. The molecule has 0 saturated carbocycles. The lowest BCUT2D eigenvalue weighted by atomic mass is 10.2. The molecule has 0 N–H and O–H groups in total. The van der Waals surface area contributed by atoms with Gasteiger partial charge in [-0.1, -0.05) is 11.6 Å². The second-order valence-corrected chi connectivity index (χ2v) is 9.20. The van der Waals surface area contributed by atoms with Crippen LogP contribution in [0.2, 0.25) is 5.02 Å². The molecule has 170 valence electrons. The molecule has 7 nitrogen and oxygen atoms in total. The number of nitrogens with zero attached hydrogens (tertiary/aromatic N) is 3. The number of halogens is 4. The third kappa shape index (κ3) is 4.68. The van der Waals surface area contributed by atoms with Gasteiger partial charge in [0.05, 0.1) is 29.7 Å². The minimum absolute atomic E-state index is 0.101. The van der Waals surface area contributed by atoms with E-state index < -0.39 is 21.8 Å². The van der Waals surface area contributed by atoms with Crippen LogP contribution in [0, 0.1) is 6.92 Å². The number of benzene rings is 1. The molecule has 2 heterocycles. The summed E-state index contributed by atoms with van der Waals surface area (Å²) in [4.78, 5) is 5.61. The summed E-state index contributed by atoms with van der Waals surface area (Å²) in [6.45, 7) is 2.36. The molecule has 12 heteroatoms. The second-order valence-electron chi connectivity index (χ2n) is 6.89.